The van der Waals surface area contributed by atoms with Crippen LogP contribution in [0.5, 0.6) is 5.75 Å². The summed E-state index contributed by atoms with van der Waals surface area (Å²) in [6, 6.07) is 13.1. The number of nitro benzene ring substituents is 1. The Kier molecular flexibility index (Phi) is 6.23. The number of carbonyl (C=O) groups is 2. The fourth-order valence-corrected chi connectivity index (χ4v) is 4.01. The first-order chi connectivity index (χ1) is 17.0. The lowest BCUT2D eigenvalue weighted by Crippen LogP contribution is -2.30. The number of benzene rings is 3. The number of carbonyl (C=O) groups excluding carboxylic acids is 2. The molecule has 1 N–H and O–H groups in total. The summed E-state index contributed by atoms with van der Waals surface area (Å²) < 4.78 is 45.2. The van der Waals surface area contributed by atoms with E-state index < -0.39 is 51.4 Å². The van der Waals surface area contributed by atoms with Crippen LogP contribution in [-0.4, -0.2) is 28.8 Å². The van der Waals surface area contributed by atoms with E-state index in [1.807, 2.05) is 0 Å². The number of aliphatic hydroxyl groups is 1. The highest BCUT2D eigenvalue weighted by atomic mass is 19.4. The van der Waals surface area contributed by atoms with Crippen molar-refractivity contribution in [2.45, 2.75) is 12.2 Å². The second kappa shape index (κ2) is 9.17. The van der Waals surface area contributed by atoms with Gasteiger partial charge in [0.25, 0.3) is 17.4 Å². The highest BCUT2D eigenvalue weighted by Gasteiger charge is 2.49. The second-order valence-corrected chi connectivity index (χ2v) is 7.76. The van der Waals surface area contributed by atoms with Gasteiger partial charge in [0.1, 0.15) is 17.6 Å². The Morgan fingerprint density at radius 2 is 1.69 bits per heavy atom. The Bertz CT molecular complexity index is 1400. The molecule has 0 spiro atoms. The molecule has 1 atom stereocenters. The molecule has 8 nitrogen and oxygen atoms in total. The van der Waals surface area contributed by atoms with Crippen molar-refractivity contribution in [2.75, 3.05) is 12.0 Å². The van der Waals surface area contributed by atoms with Crippen molar-refractivity contribution in [3.05, 3.63) is 105 Å². The smallest absolute Gasteiger partial charge is 0.416 e. The Morgan fingerprint density at radius 1 is 1.03 bits per heavy atom. The molecule has 11 heteroatoms. The van der Waals surface area contributed by atoms with Gasteiger partial charge in [-0.2, -0.15) is 13.2 Å². The summed E-state index contributed by atoms with van der Waals surface area (Å²) in [6.07, 6.45) is -4.75. The van der Waals surface area contributed by atoms with Crippen LogP contribution in [0.2, 0.25) is 0 Å². The highest BCUT2D eigenvalue weighted by molar-refractivity contribution is 6.51. The number of alkyl halides is 3. The van der Waals surface area contributed by atoms with E-state index in [0.29, 0.717) is 11.8 Å². The average Bonchev–Trinajstić information content (AvgIpc) is 3.13. The number of anilines is 1. The van der Waals surface area contributed by atoms with Gasteiger partial charge in [-0.3, -0.25) is 24.6 Å². The number of Topliss-reactive ketones (excluding diaryl/α,β-unsaturated/α-hetero) is 1. The maximum absolute atomic E-state index is 13.4. The lowest BCUT2D eigenvalue weighted by atomic mass is 9.94. The first-order valence-corrected chi connectivity index (χ1v) is 10.4. The zero-order valence-electron chi connectivity index (χ0n) is 18.5. The van der Waals surface area contributed by atoms with Gasteiger partial charge in [-0.15, -0.1) is 0 Å². The van der Waals surface area contributed by atoms with E-state index in [9.17, 15) is 38.0 Å². The third-order valence-corrected chi connectivity index (χ3v) is 5.69. The van der Waals surface area contributed by atoms with Crippen LogP contribution in [-0.2, 0) is 15.8 Å². The van der Waals surface area contributed by atoms with E-state index in [1.54, 1.807) is 0 Å². The van der Waals surface area contributed by atoms with Crippen LogP contribution in [0.15, 0.2) is 78.4 Å². The van der Waals surface area contributed by atoms with Crippen molar-refractivity contribution in [2.24, 2.45) is 0 Å². The van der Waals surface area contributed by atoms with Gasteiger partial charge in [-0.1, -0.05) is 18.2 Å². The molecule has 4 rings (SSSR count). The van der Waals surface area contributed by atoms with Crippen LogP contribution >= 0.6 is 0 Å². The molecule has 0 bridgehead atoms. The molecule has 1 saturated heterocycles. The number of ether oxygens (including phenoxy) is 1. The van der Waals surface area contributed by atoms with Crippen LogP contribution in [0.25, 0.3) is 5.76 Å². The standard InChI is InChI=1S/C25H17F3N2O6/c1-36-17-11-9-14(10-12-17)22(31)20-21(18-7-2-3-8-19(18)30(34)35)29(24(33)23(20)32)16-6-4-5-15(13-16)25(26,27)28/h2-13,21,31H,1H3/b22-20-. The predicted molar refractivity (Wildman–Crippen MR) is 122 cm³/mol. The first kappa shape index (κ1) is 24.5. The third kappa shape index (κ3) is 4.26. The third-order valence-electron chi connectivity index (χ3n) is 5.69. The van der Waals surface area contributed by atoms with Gasteiger partial charge in [0, 0.05) is 17.3 Å². The van der Waals surface area contributed by atoms with Crippen molar-refractivity contribution in [3.8, 4) is 5.75 Å². The van der Waals surface area contributed by atoms with Gasteiger partial charge >= 0.3 is 6.18 Å². The summed E-state index contributed by atoms with van der Waals surface area (Å²) >= 11 is 0. The highest BCUT2D eigenvalue weighted by Crippen LogP contribution is 2.45. The number of para-hydroxylation sites is 1. The number of halogens is 3. The largest absolute Gasteiger partial charge is 0.507 e. The Labute approximate surface area is 202 Å². The monoisotopic (exact) mass is 498 g/mol. The van der Waals surface area contributed by atoms with E-state index >= 15 is 0 Å². The van der Waals surface area contributed by atoms with E-state index in [-0.39, 0.29) is 16.8 Å². The van der Waals surface area contributed by atoms with Gasteiger partial charge in [0.2, 0.25) is 0 Å². The average molecular weight is 498 g/mol. The van der Waals surface area contributed by atoms with Gasteiger partial charge in [-0.05, 0) is 48.5 Å². The number of amides is 1. The Hall–Kier alpha value is -4.67. The summed E-state index contributed by atoms with van der Waals surface area (Å²) in [7, 11) is 1.42. The summed E-state index contributed by atoms with van der Waals surface area (Å²) in [5.41, 5.74) is -2.45. The Morgan fingerprint density at radius 3 is 2.31 bits per heavy atom. The normalized spacial score (nSPS) is 17.3. The Balaban J connectivity index is 1.99. The minimum Gasteiger partial charge on any atom is -0.507 e. The van der Waals surface area contributed by atoms with Crippen molar-refractivity contribution in [1.29, 1.82) is 0 Å². The zero-order valence-corrected chi connectivity index (χ0v) is 18.5. The predicted octanol–water partition coefficient (Wildman–Crippen LogP) is 5.25. The van der Waals surface area contributed by atoms with E-state index in [0.717, 1.165) is 23.1 Å². The number of ketones is 1. The number of hydrogen-bond donors (Lipinski definition) is 1. The van der Waals surface area contributed by atoms with Crippen LogP contribution in [0.4, 0.5) is 24.5 Å². The van der Waals surface area contributed by atoms with Crippen LogP contribution in [0.3, 0.4) is 0 Å². The molecule has 0 aliphatic carbocycles. The molecule has 0 radical (unpaired) electrons. The molecule has 184 valence electrons. The SMILES string of the molecule is COc1ccc(/C(O)=C2/C(=O)C(=O)N(c3cccc(C(F)(F)F)c3)C2c2ccccc2[N+](=O)[O-])cc1. The molecule has 0 aromatic heterocycles. The fourth-order valence-electron chi connectivity index (χ4n) is 4.01. The van der Waals surface area contributed by atoms with Crippen LogP contribution in [0.1, 0.15) is 22.7 Å². The summed E-state index contributed by atoms with van der Waals surface area (Å²) in [4.78, 5) is 38.0. The quantitative estimate of drug-likeness (QED) is 0.169. The number of methoxy groups -OCH3 is 1. The van der Waals surface area contributed by atoms with E-state index in [2.05, 4.69) is 0 Å². The molecule has 1 aliphatic rings. The van der Waals surface area contributed by atoms with Crippen LogP contribution in [0, 0.1) is 10.1 Å². The molecule has 3 aromatic rings. The number of hydrogen-bond acceptors (Lipinski definition) is 6. The number of nitro groups is 1. The van der Waals surface area contributed by atoms with Crippen molar-refractivity contribution in [3.63, 3.8) is 0 Å². The zero-order chi connectivity index (χ0) is 26.2. The lowest BCUT2D eigenvalue weighted by molar-refractivity contribution is -0.385. The molecule has 1 heterocycles. The molecule has 0 saturated carbocycles. The molecule has 36 heavy (non-hydrogen) atoms. The second-order valence-electron chi connectivity index (χ2n) is 7.76. The topological polar surface area (TPSA) is 110 Å². The first-order valence-electron chi connectivity index (χ1n) is 10.4. The summed E-state index contributed by atoms with van der Waals surface area (Å²) in [5, 5.41) is 22.8. The maximum atomic E-state index is 13.4. The van der Waals surface area contributed by atoms with Gasteiger partial charge < -0.3 is 9.84 Å². The molecular formula is C25H17F3N2O6. The van der Waals surface area contributed by atoms with Crippen molar-refractivity contribution in [1.82, 2.24) is 0 Å². The molecule has 1 fully saturated rings. The molecule has 1 amide bonds. The fraction of sp³-hybridized carbons (Fsp3) is 0.120. The lowest BCUT2D eigenvalue weighted by Gasteiger charge is -2.25. The number of aliphatic hydroxyl groups excluding tert-OH is 1. The van der Waals surface area contributed by atoms with Gasteiger partial charge in [-0.25, -0.2) is 0 Å². The number of nitrogens with zero attached hydrogens (tertiary/aromatic N) is 2. The molecular weight excluding hydrogens is 481 g/mol. The van der Waals surface area contributed by atoms with Crippen molar-refractivity contribution >= 4 is 28.8 Å². The van der Waals surface area contributed by atoms with E-state index in [1.165, 1.54) is 55.6 Å². The van der Waals surface area contributed by atoms with Crippen molar-refractivity contribution < 1.29 is 37.5 Å². The van der Waals surface area contributed by atoms with E-state index in [4.69, 9.17) is 4.74 Å². The van der Waals surface area contributed by atoms with Gasteiger partial charge in [0.05, 0.1) is 28.7 Å². The summed E-state index contributed by atoms with van der Waals surface area (Å²) in [6.45, 7) is 0. The minimum absolute atomic E-state index is 0.0985. The number of rotatable bonds is 5. The summed E-state index contributed by atoms with van der Waals surface area (Å²) in [5.74, 6) is -2.66. The van der Waals surface area contributed by atoms with Crippen LogP contribution < -0.4 is 9.64 Å². The molecule has 3 aromatic carbocycles. The molecule has 1 unspecified atom stereocenters. The minimum atomic E-state index is -4.75. The maximum Gasteiger partial charge on any atom is 0.416 e. The van der Waals surface area contributed by atoms with Gasteiger partial charge in [0.15, 0.2) is 0 Å². The molecule has 1 aliphatic heterocycles.